The molecule has 4 heterocycles. The highest BCUT2D eigenvalue weighted by molar-refractivity contribution is 5.95. The van der Waals surface area contributed by atoms with E-state index < -0.39 is 0 Å². The van der Waals surface area contributed by atoms with Gasteiger partial charge in [-0.2, -0.15) is 0 Å². The van der Waals surface area contributed by atoms with E-state index in [1.54, 1.807) is 40.3 Å². The van der Waals surface area contributed by atoms with Crippen molar-refractivity contribution in [3.63, 3.8) is 0 Å². The van der Waals surface area contributed by atoms with E-state index in [2.05, 4.69) is 4.98 Å². The molecule has 4 rings (SSSR count). The second kappa shape index (κ2) is 7.79. The molecule has 8 nitrogen and oxygen atoms in total. The van der Waals surface area contributed by atoms with Gasteiger partial charge in [-0.05, 0) is 18.2 Å². The maximum Gasteiger partial charge on any atom is 0.289 e. The lowest BCUT2D eigenvalue weighted by molar-refractivity contribution is 0.0517. The first-order chi connectivity index (χ1) is 13.2. The summed E-state index contributed by atoms with van der Waals surface area (Å²) in [4.78, 5) is 32.7. The van der Waals surface area contributed by atoms with Gasteiger partial charge in [0.15, 0.2) is 5.76 Å². The third-order valence-electron chi connectivity index (χ3n) is 4.74. The predicted molar refractivity (Wildman–Crippen MR) is 94.6 cm³/mol. The first-order valence-corrected chi connectivity index (χ1v) is 9.03. The second-order valence-corrected chi connectivity index (χ2v) is 6.55. The number of furan rings is 1. The van der Waals surface area contributed by atoms with Crippen molar-refractivity contribution in [2.75, 3.05) is 39.4 Å². The fourth-order valence-corrected chi connectivity index (χ4v) is 3.23. The molecule has 142 valence electrons. The van der Waals surface area contributed by atoms with Crippen molar-refractivity contribution < 1.29 is 23.5 Å². The zero-order valence-corrected chi connectivity index (χ0v) is 14.9. The Hall–Kier alpha value is -2.87. The zero-order chi connectivity index (χ0) is 18.6. The van der Waals surface area contributed by atoms with Crippen LogP contribution in [0, 0.1) is 0 Å². The molecule has 2 aliphatic rings. The van der Waals surface area contributed by atoms with Gasteiger partial charge in [-0.1, -0.05) is 0 Å². The SMILES string of the molecule is O=C(c1ccnc(OC2CCOC2)c1)N1CCN(C(=O)c2ccco2)CC1. The van der Waals surface area contributed by atoms with Gasteiger partial charge in [-0.3, -0.25) is 9.59 Å². The van der Waals surface area contributed by atoms with Crippen molar-refractivity contribution in [3.05, 3.63) is 48.0 Å². The lowest BCUT2D eigenvalue weighted by atomic mass is 10.2. The molecule has 2 aliphatic heterocycles. The largest absolute Gasteiger partial charge is 0.472 e. The molecule has 0 N–H and O–H groups in total. The number of hydrogen-bond donors (Lipinski definition) is 0. The molecule has 2 aromatic heterocycles. The van der Waals surface area contributed by atoms with Crippen LogP contribution in [0.1, 0.15) is 27.3 Å². The normalized spacial score (nSPS) is 19.9. The number of aromatic nitrogens is 1. The summed E-state index contributed by atoms with van der Waals surface area (Å²) in [5.74, 6) is 0.519. The maximum atomic E-state index is 12.8. The topological polar surface area (TPSA) is 85.1 Å². The van der Waals surface area contributed by atoms with E-state index in [4.69, 9.17) is 13.9 Å². The second-order valence-electron chi connectivity index (χ2n) is 6.55. The van der Waals surface area contributed by atoms with Crippen molar-refractivity contribution in [1.29, 1.82) is 0 Å². The number of ether oxygens (including phenoxy) is 2. The van der Waals surface area contributed by atoms with Crippen LogP contribution in [-0.4, -0.2) is 72.1 Å². The van der Waals surface area contributed by atoms with Gasteiger partial charge in [-0.15, -0.1) is 0 Å². The van der Waals surface area contributed by atoms with Crippen LogP contribution in [0.25, 0.3) is 0 Å². The van der Waals surface area contributed by atoms with E-state index in [0.29, 0.717) is 56.6 Å². The molecule has 0 aromatic carbocycles. The van der Waals surface area contributed by atoms with Crippen molar-refractivity contribution >= 4 is 11.8 Å². The van der Waals surface area contributed by atoms with E-state index in [1.165, 1.54) is 6.26 Å². The number of hydrogen-bond acceptors (Lipinski definition) is 6. The van der Waals surface area contributed by atoms with Crippen LogP contribution in [0.4, 0.5) is 0 Å². The molecule has 1 unspecified atom stereocenters. The van der Waals surface area contributed by atoms with Crippen LogP contribution >= 0.6 is 0 Å². The summed E-state index contributed by atoms with van der Waals surface area (Å²) in [6, 6.07) is 6.68. The highest BCUT2D eigenvalue weighted by atomic mass is 16.5. The van der Waals surface area contributed by atoms with Crippen molar-refractivity contribution in [2.45, 2.75) is 12.5 Å². The molecule has 2 aromatic rings. The number of carbonyl (C=O) groups excluding carboxylic acids is 2. The summed E-state index contributed by atoms with van der Waals surface area (Å²) in [6.07, 6.45) is 3.87. The van der Waals surface area contributed by atoms with Crippen molar-refractivity contribution in [3.8, 4) is 5.88 Å². The highest BCUT2D eigenvalue weighted by Gasteiger charge is 2.27. The van der Waals surface area contributed by atoms with E-state index in [-0.39, 0.29) is 17.9 Å². The number of amides is 2. The third-order valence-corrected chi connectivity index (χ3v) is 4.74. The van der Waals surface area contributed by atoms with Crippen LogP contribution in [-0.2, 0) is 4.74 Å². The molecule has 2 saturated heterocycles. The minimum atomic E-state index is -0.148. The molecule has 2 amide bonds. The summed E-state index contributed by atoms with van der Waals surface area (Å²) in [6.45, 7) is 3.12. The molecule has 0 saturated carbocycles. The Morgan fingerprint density at radius 1 is 1.11 bits per heavy atom. The van der Waals surface area contributed by atoms with Gasteiger partial charge in [0.05, 0.1) is 19.5 Å². The van der Waals surface area contributed by atoms with E-state index in [1.807, 2.05) is 0 Å². The van der Waals surface area contributed by atoms with E-state index >= 15 is 0 Å². The Morgan fingerprint density at radius 2 is 1.89 bits per heavy atom. The summed E-state index contributed by atoms with van der Waals surface area (Å²) >= 11 is 0. The smallest absolute Gasteiger partial charge is 0.289 e. The number of piperazine rings is 1. The van der Waals surface area contributed by atoms with E-state index in [0.717, 1.165) is 6.42 Å². The standard InChI is InChI=1S/C19H21N3O5/c23-18(14-3-5-20-17(12-14)27-15-4-11-25-13-15)21-6-8-22(9-7-21)19(24)16-2-1-10-26-16/h1-3,5,10,12,15H,4,6-9,11,13H2. The van der Waals surface area contributed by atoms with Crippen LogP contribution in [0.3, 0.4) is 0 Å². The van der Waals surface area contributed by atoms with Gasteiger partial charge < -0.3 is 23.7 Å². The highest BCUT2D eigenvalue weighted by Crippen LogP contribution is 2.18. The number of nitrogens with zero attached hydrogens (tertiary/aromatic N) is 3. The fraction of sp³-hybridized carbons (Fsp3) is 0.421. The number of rotatable bonds is 4. The zero-order valence-electron chi connectivity index (χ0n) is 14.9. The average Bonchev–Trinajstić information content (AvgIpc) is 3.41. The average molecular weight is 371 g/mol. The van der Waals surface area contributed by atoms with Gasteiger partial charge in [0, 0.05) is 50.4 Å². The Bertz CT molecular complexity index is 793. The monoisotopic (exact) mass is 371 g/mol. The Morgan fingerprint density at radius 3 is 2.56 bits per heavy atom. The molecule has 8 heteroatoms. The lowest BCUT2D eigenvalue weighted by Crippen LogP contribution is -2.50. The predicted octanol–water partition coefficient (Wildman–Crippen LogP) is 1.44. The molecule has 2 fully saturated rings. The molecular formula is C19H21N3O5. The van der Waals surface area contributed by atoms with Gasteiger partial charge >= 0.3 is 0 Å². The number of carbonyl (C=O) groups is 2. The van der Waals surface area contributed by atoms with Gasteiger partial charge in [0.25, 0.3) is 11.8 Å². The maximum absolute atomic E-state index is 12.8. The quantitative estimate of drug-likeness (QED) is 0.809. The molecule has 0 bridgehead atoms. The van der Waals surface area contributed by atoms with Gasteiger partial charge in [-0.25, -0.2) is 4.98 Å². The molecule has 0 radical (unpaired) electrons. The minimum absolute atomic E-state index is 0.0148. The molecule has 1 atom stereocenters. The van der Waals surface area contributed by atoms with E-state index in [9.17, 15) is 9.59 Å². The molecule has 0 spiro atoms. The first-order valence-electron chi connectivity index (χ1n) is 9.03. The summed E-state index contributed by atoms with van der Waals surface area (Å²) in [5, 5.41) is 0. The van der Waals surface area contributed by atoms with Crippen molar-refractivity contribution in [1.82, 2.24) is 14.8 Å². The van der Waals surface area contributed by atoms with Crippen LogP contribution in [0.5, 0.6) is 5.88 Å². The summed E-state index contributed by atoms with van der Waals surface area (Å²) in [7, 11) is 0. The van der Waals surface area contributed by atoms with Crippen molar-refractivity contribution in [2.24, 2.45) is 0 Å². The molecule has 27 heavy (non-hydrogen) atoms. The third kappa shape index (κ3) is 3.95. The van der Waals surface area contributed by atoms with Gasteiger partial charge in [0.1, 0.15) is 6.10 Å². The molecule has 0 aliphatic carbocycles. The lowest BCUT2D eigenvalue weighted by Gasteiger charge is -2.34. The summed E-state index contributed by atoms with van der Waals surface area (Å²) < 4.78 is 16.2. The first kappa shape index (κ1) is 17.5. The minimum Gasteiger partial charge on any atom is -0.472 e. The summed E-state index contributed by atoms with van der Waals surface area (Å²) in [5.41, 5.74) is 0.532. The van der Waals surface area contributed by atoms with Crippen LogP contribution < -0.4 is 4.74 Å². The Balaban J connectivity index is 1.35. The van der Waals surface area contributed by atoms with Crippen LogP contribution in [0.15, 0.2) is 41.1 Å². The Kier molecular flexibility index (Phi) is 5.06. The Labute approximate surface area is 156 Å². The van der Waals surface area contributed by atoms with Gasteiger partial charge in [0.2, 0.25) is 5.88 Å². The molecular weight excluding hydrogens is 350 g/mol. The number of pyridine rings is 1. The van der Waals surface area contributed by atoms with Crippen LogP contribution in [0.2, 0.25) is 0 Å². The fourth-order valence-electron chi connectivity index (χ4n) is 3.23.